The first-order valence-electron chi connectivity index (χ1n) is 8.39. The summed E-state index contributed by atoms with van der Waals surface area (Å²) in [7, 11) is -5.18. The van der Waals surface area contributed by atoms with Crippen molar-refractivity contribution in [3.05, 3.63) is 0 Å². The van der Waals surface area contributed by atoms with Crippen molar-refractivity contribution in [2.75, 3.05) is 0 Å². The van der Waals surface area contributed by atoms with Gasteiger partial charge in [0.15, 0.2) is 58.6 Å². The Morgan fingerprint density at radius 2 is 0.636 bits per heavy atom. The first-order valence-corrected chi connectivity index (χ1v) is 22.3. The van der Waals surface area contributed by atoms with Gasteiger partial charge in [0, 0.05) is 0 Å². The molecule has 0 aliphatic heterocycles. The SMILES string of the molecule is C[SiH2]OC(O[SiH2]C)[SiH](C(O[SiH2]C)O[SiH2]C)C(O[SiH2]C)O[SiH2]C. The zero-order valence-corrected chi connectivity index (χ0v) is 24.6. The zero-order chi connectivity index (χ0) is 16.8. The predicted molar refractivity (Wildman–Crippen MR) is 111 cm³/mol. The first kappa shape index (κ1) is 23.3. The van der Waals surface area contributed by atoms with Crippen molar-refractivity contribution in [3.63, 3.8) is 0 Å². The highest BCUT2D eigenvalue weighted by molar-refractivity contribution is 6.64. The summed E-state index contributed by atoms with van der Waals surface area (Å²) in [6.07, 6.45) is 0. The lowest BCUT2D eigenvalue weighted by atomic mass is 11.4. The van der Waals surface area contributed by atoms with Crippen molar-refractivity contribution >= 4 is 67.4 Å². The molecule has 0 N–H and O–H groups in total. The number of hydrogen-bond acceptors (Lipinski definition) is 6. The Kier molecular flexibility index (Phi) is 16.7. The summed E-state index contributed by atoms with van der Waals surface area (Å²) in [5.41, 5.74) is 0. The van der Waals surface area contributed by atoms with E-state index in [0.29, 0.717) is 0 Å². The maximum atomic E-state index is 6.05. The maximum Gasteiger partial charge on any atom is 0.227 e. The molecule has 0 rings (SSSR count). The molecule has 0 saturated heterocycles. The molecule has 0 atom stereocenters. The lowest BCUT2D eigenvalue weighted by Crippen LogP contribution is -2.58. The average Bonchev–Trinajstić information content (AvgIpc) is 2.49. The molecule has 0 spiro atoms. The highest BCUT2D eigenvalue weighted by atomic mass is 28.3. The second-order valence-corrected chi connectivity index (χ2v) is 12.7. The van der Waals surface area contributed by atoms with Gasteiger partial charge in [-0.15, -0.1) is 0 Å². The number of rotatable bonds is 15. The van der Waals surface area contributed by atoms with Gasteiger partial charge in [-0.2, -0.15) is 0 Å². The van der Waals surface area contributed by atoms with Gasteiger partial charge in [0.25, 0.3) is 0 Å². The molecule has 22 heavy (non-hydrogen) atoms. The van der Waals surface area contributed by atoms with Crippen LogP contribution in [0.25, 0.3) is 0 Å². The lowest BCUT2D eigenvalue weighted by Gasteiger charge is -2.37. The van der Waals surface area contributed by atoms with Gasteiger partial charge in [-0.1, -0.05) is 39.3 Å². The zero-order valence-electron chi connectivity index (χ0n) is 15.0. The van der Waals surface area contributed by atoms with Gasteiger partial charge in [0.2, 0.25) is 8.80 Å². The third kappa shape index (κ3) is 8.94. The van der Waals surface area contributed by atoms with Crippen LogP contribution in [-0.2, 0) is 26.6 Å². The molecule has 0 amide bonds. The fraction of sp³-hybridized carbons (Fsp3) is 1.00. The first-order chi connectivity index (χ1) is 10.7. The highest BCUT2D eigenvalue weighted by Gasteiger charge is 2.41. The van der Waals surface area contributed by atoms with Crippen LogP contribution in [0.1, 0.15) is 0 Å². The van der Waals surface area contributed by atoms with Crippen molar-refractivity contribution < 1.29 is 26.6 Å². The Hall–Kier alpha value is 1.28. The Balaban J connectivity index is 5.34. The van der Waals surface area contributed by atoms with E-state index in [9.17, 15) is 0 Å². The van der Waals surface area contributed by atoms with E-state index in [1.165, 1.54) is 0 Å². The normalized spacial score (nSPS) is 20.5. The van der Waals surface area contributed by atoms with Crippen LogP contribution in [-0.4, -0.2) is 85.1 Å². The molecule has 0 aromatic rings. The molecule has 0 aromatic carbocycles. The minimum atomic E-state index is -1.81. The molecule has 0 bridgehead atoms. The Bertz CT molecular complexity index is 198. The largest absolute Gasteiger partial charge is 0.404 e. The van der Waals surface area contributed by atoms with Crippen LogP contribution in [0.5, 0.6) is 0 Å². The van der Waals surface area contributed by atoms with Crippen molar-refractivity contribution in [1.82, 2.24) is 0 Å². The van der Waals surface area contributed by atoms with Crippen molar-refractivity contribution in [3.8, 4) is 0 Å². The average molecular weight is 435 g/mol. The van der Waals surface area contributed by atoms with E-state index in [1.807, 2.05) is 0 Å². The quantitative estimate of drug-likeness (QED) is 0.199. The molecule has 6 nitrogen and oxygen atoms in total. The minimum absolute atomic E-state index is 0.162. The molecule has 0 unspecified atom stereocenters. The molecular formula is C9H34O6Si7. The highest BCUT2D eigenvalue weighted by Crippen LogP contribution is 2.16. The summed E-state index contributed by atoms with van der Waals surface area (Å²) < 4.78 is 36.3. The summed E-state index contributed by atoms with van der Waals surface area (Å²) >= 11 is 0. The van der Waals surface area contributed by atoms with E-state index >= 15 is 0 Å². The molecule has 0 aromatic heterocycles. The third-order valence-corrected chi connectivity index (χ3v) is 12.2. The van der Waals surface area contributed by atoms with Gasteiger partial charge in [-0.05, 0) is 0 Å². The molecule has 0 saturated carbocycles. The summed E-state index contributed by atoms with van der Waals surface area (Å²) in [5.74, 6) is -0.485. The summed E-state index contributed by atoms with van der Waals surface area (Å²) in [5, 5.41) is 0. The van der Waals surface area contributed by atoms with E-state index in [1.54, 1.807) is 0 Å². The van der Waals surface area contributed by atoms with Crippen LogP contribution in [0.15, 0.2) is 0 Å². The van der Waals surface area contributed by atoms with Gasteiger partial charge in [-0.3, -0.25) is 0 Å². The van der Waals surface area contributed by atoms with Gasteiger partial charge in [0.05, 0.1) is 0 Å². The van der Waals surface area contributed by atoms with Crippen LogP contribution in [0.2, 0.25) is 39.3 Å². The van der Waals surface area contributed by atoms with Crippen LogP contribution < -0.4 is 0 Å². The molecule has 13 heteroatoms. The Morgan fingerprint density at radius 3 is 0.773 bits per heavy atom. The van der Waals surface area contributed by atoms with E-state index in [4.69, 9.17) is 26.6 Å². The predicted octanol–water partition coefficient (Wildman–Crippen LogP) is -3.30. The molecule has 0 fully saturated rings. The van der Waals surface area contributed by atoms with Crippen molar-refractivity contribution in [2.24, 2.45) is 0 Å². The fourth-order valence-electron chi connectivity index (χ4n) is 2.18. The van der Waals surface area contributed by atoms with Crippen molar-refractivity contribution in [2.45, 2.75) is 57.0 Å². The molecule has 0 aliphatic rings. The van der Waals surface area contributed by atoms with Crippen LogP contribution in [0.3, 0.4) is 0 Å². The van der Waals surface area contributed by atoms with E-state index in [-0.39, 0.29) is 17.7 Å². The molecular weight excluding hydrogens is 401 g/mol. The smallest absolute Gasteiger partial charge is 0.227 e. The Morgan fingerprint density at radius 1 is 0.455 bits per heavy atom. The second kappa shape index (κ2) is 15.8. The maximum absolute atomic E-state index is 6.05. The Labute approximate surface area is 151 Å². The molecule has 0 aliphatic carbocycles. The minimum Gasteiger partial charge on any atom is -0.404 e. The van der Waals surface area contributed by atoms with Gasteiger partial charge in [0.1, 0.15) is 17.7 Å². The second-order valence-electron chi connectivity index (χ2n) is 4.41. The standard InChI is InChI=1S/C9H34O6Si7/c1-16-10-7(11-17-2)22(8(12-18-3)13-19-4)9(14-20-5)15-21-6/h7-9,22H,16-21H2,1-6H3. The summed E-state index contributed by atoms with van der Waals surface area (Å²) in [6, 6.07) is 0. The fourth-order valence-corrected chi connectivity index (χ4v) is 14.9. The van der Waals surface area contributed by atoms with Gasteiger partial charge < -0.3 is 26.6 Å². The molecule has 134 valence electrons. The van der Waals surface area contributed by atoms with Gasteiger partial charge >= 0.3 is 0 Å². The molecule has 0 heterocycles. The number of hydrogen-bond donors (Lipinski definition) is 0. The summed E-state index contributed by atoms with van der Waals surface area (Å²) in [6.45, 7) is 12.8. The van der Waals surface area contributed by atoms with Crippen LogP contribution >= 0.6 is 0 Å². The summed E-state index contributed by atoms with van der Waals surface area (Å²) in [4.78, 5) is 0. The van der Waals surface area contributed by atoms with E-state index in [2.05, 4.69) is 39.3 Å². The van der Waals surface area contributed by atoms with Crippen LogP contribution in [0, 0.1) is 0 Å². The van der Waals surface area contributed by atoms with E-state index in [0.717, 1.165) is 0 Å². The monoisotopic (exact) mass is 434 g/mol. The lowest BCUT2D eigenvalue weighted by molar-refractivity contribution is -0.00216. The topological polar surface area (TPSA) is 55.4 Å². The molecule has 0 radical (unpaired) electrons. The van der Waals surface area contributed by atoms with E-state index < -0.39 is 67.4 Å². The third-order valence-electron chi connectivity index (χ3n) is 2.93. The van der Waals surface area contributed by atoms with Gasteiger partial charge in [-0.25, -0.2) is 0 Å². The van der Waals surface area contributed by atoms with Crippen LogP contribution in [0.4, 0.5) is 0 Å². The van der Waals surface area contributed by atoms with Crippen molar-refractivity contribution in [1.29, 1.82) is 0 Å².